The lowest BCUT2D eigenvalue weighted by Gasteiger charge is -2.32. The van der Waals surface area contributed by atoms with E-state index in [0.29, 0.717) is 6.54 Å². The summed E-state index contributed by atoms with van der Waals surface area (Å²) in [4.78, 5) is 13.2. The summed E-state index contributed by atoms with van der Waals surface area (Å²) in [5.74, 6) is 0.286. The Morgan fingerprint density at radius 2 is 2.20 bits per heavy atom. The van der Waals surface area contributed by atoms with Crippen LogP contribution in [0.15, 0.2) is 0 Å². The molecule has 1 heterocycles. The van der Waals surface area contributed by atoms with Crippen molar-refractivity contribution in [2.24, 2.45) is 0 Å². The van der Waals surface area contributed by atoms with Crippen LogP contribution in [0.2, 0.25) is 0 Å². The van der Waals surface area contributed by atoms with Gasteiger partial charge in [0.2, 0.25) is 0 Å². The minimum Gasteiger partial charge on any atom is -0.377 e. The average Bonchev–Trinajstić information content (AvgIpc) is 2.10. The number of hydrogen-bond donors (Lipinski definition) is 0. The average molecular weight is 235 g/mol. The molecule has 0 aromatic heterocycles. The normalized spacial score (nSPS) is 26.4. The van der Waals surface area contributed by atoms with Gasteiger partial charge in [0.15, 0.2) is 15.6 Å². The fraction of sp³-hybridized carbons (Fsp3) is 0.889. The molecular weight excluding hydrogens is 218 g/mol. The number of ketones is 1. The second-order valence-corrected chi connectivity index (χ2v) is 6.13. The Morgan fingerprint density at radius 1 is 1.53 bits per heavy atom. The fourth-order valence-corrected chi connectivity index (χ4v) is 3.33. The summed E-state index contributed by atoms with van der Waals surface area (Å²) >= 11 is 0. The molecule has 0 aromatic rings. The molecule has 1 aliphatic heterocycles. The molecule has 1 atom stereocenters. The molecule has 0 amide bonds. The van der Waals surface area contributed by atoms with Gasteiger partial charge >= 0.3 is 0 Å². The fourth-order valence-electron chi connectivity index (χ4n) is 1.70. The Balaban J connectivity index is 2.48. The van der Waals surface area contributed by atoms with Crippen LogP contribution in [0.3, 0.4) is 0 Å². The van der Waals surface area contributed by atoms with Crippen molar-refractivity contribution in [1.82, 2.24) is 4.90 Å². The molecule has 0 N–H and O–H groups in total. The lowest BCUT2D eigenvalue weighted by molar-refractivity contribution is -0.124. The van der Waals surface area contributed by atoms with Crippen molar-refractivity contribution in [3.63, 3.8) is 0 Å². The molecule has 0 aromatic carbocycles. The van der Waals surface area contributed by atoms with E-state index in [0.717, 1.165) is 0 Å². The maximum Gasteiger partial charge on any atom is 0.172 e. The highest BCUT2D eigenvalue weighted by atomic mass is 32.2. The van der Waals surface area contributed by atoms with E-state index in [1.165, 1.54) is 7.11 Å². The number of carbonyl (C=O) groups is 1. The summed E-state index contributed by atoms with van der Waals surface area (Å²) in [5, 5.41) is 0. The van der Waals surface area contributed by atoms with Crippen LogP contribution in [-0.2, 0) is 19.4 Å². The largest absolute Gasteiger partial charge is 0.377 e. The van der Waals surface area contributed by atoms with Gasteiger partial charge in [-0.15, -0.1) is 0 Å². The Labute approximate surface area is 90.3 Å². The highest BCUT2D eigenvalue weighted by Gasteiger charge is 2.28. The number of sulfone groups is 1. The third kappa shape index (κ3) is 3.89. The van der Waals surface area contributed by atoms with Crippen molar-refractivity contribution in [2.45, 2.75) is 13.0 Å². The van der Waals surface area contributed by atoms with Gasteiger partial charge in [-0.1, -0.05) is 0 Å². The summed E-state index contributed by atoms with van der Waals surface area (Å²) < 4.78 is 27.3. The Bertz CT molecular complexity index is 325. The highest BCUT2D eigenvalue weighted by molar-refractivity contribution is 7.91. The summed E-state index contributed by atoms with van der Waals surface area (Å²) in [7, 11) is -1.42. The number of rotatable bonds is 4. The summed E-state index contributed by atoms with van der Waals surface area (Å²) in [5.41, 5.74) is 0. The van der Waals surface area contributed by atoms with Gasteiger partial charge in [-0.25, -0.2) is 8.42 Å². The second-order valence-electron chi connectivity index (χ2n) is 3.91. The monoisotopic (exact) mass is 235 g/mol. The molecule has 0 radical (unpaired) electrons. The highest BCUT2D eigenvalue weighted by Crippen LogP contribution is 2.10. The van der Waals surface area contributed by atoms with Crippen LogP contribution < -0.4 is 0 Å². The van der Waals surface area contributed by atoms with Crippen molar-refractivity contribution in [3.8, 4) is 0 Å². The van der Waals surface area contributed by atoms with Gasteiger partial charge in [-0.05, 0) is 6.92 Å². The van der Waals surface area contributed by atoms with Crippen molar-refractivity contribution in [2.75, 3.05) is 38.3 Å². The van der Waals surface area contributed by atoms with Gasteiger partial charge in [0.25, 0.3) is 0 Å². The molecule has 0 bridgehead atoms. The van der Waals surface area contributed by atoms with Crippen molar-refractivity contribution in [3.05, 3.63) is 0 Å². The minimum atomic E-state index is -2.90. The number of carbonyl (C=O) groups excluding carboxylic acids is 1. The van der Waals surface area contributed by atoms with Crippen LogP contribution in [0.5, 0.6) is 0 Å². The number of hydrogen-bond acceptors (Lipinski definition) is 5. The zero-order valence-corrected chi connectivity index (χ0v) is 9.92. The van der Waals surface area contributed by atoms with Gasteiger partial charge in [0.05, 0.1) is 18.1 Å². The molecular formula is C9H17NO4S. The van der Waals surface area contributed by atoms with E-state index in [4.69, 9.17) is 4.74 Å². The first-order valence-electron chi connectivity index (χ1n) is 4.90. The lowest BCUT2D eigenvalue weighted by atomic mass is 10.2. The van der Waals surface area contributed by atoms with Gasteiger partial charge in [0, 0.05) is 19.7 Å². The zero-order valence-electron chi connectivity index (χ0n) is 9.10. The second kappa shape index (κ2) is 5.05. The number of Topliss-reactive ketones (excluding diaryl/α,β-unsaturated/α-hetero) is 1. The number of nitrogens with zero attached hydrogens (tertiary/aromatic N) is 1. The predicted molar refractivity (Wildman–Crippen MR) is 56.6 cm³/mol. The summed E-state index contributed by atoms with van der Waals surface area (Å²) in [6.45, 7) is 2.65. The van der Waals surface area contributed by atoms with E-state index in [1.54, 1.807) is 0 Å². The van der Waals surface area contributed by atoms with E-state index in [1.807, 2.05) is 11.8 Å². The van der Waals surface area contributed by atoms with E-state index in [9.17, 15) is 13.2 Å². The third-order valence-electron chi connectivity index (χ3n) is 2.49. The van der Waals surface area contributed by atoms with E-state index in [2.05, 4.69) is 0 Å². The van der Waals surface area contributed by atoms with Crippen LogP contribution in [0, 0.1) is 0 Å². The molecule has 5 nitrogen and oxygen atoms in total. The minimum absolute atomic E-state index is 0.0105. The van der Waals surface area contributed by atoms with E-state index >= 15 is 0 Å². The van der Waals surface area contributed by atoms with Gasteiger partial charge in [-0.3, -0.25) is 9.69 Å². The molecule has 0 spiro atoms. The first kappa shape index (κ1) is 12.6. The van der Waals surface area contributed by atoms with Crippen molar-refractivity contribution in [1.29, 1.82) is 0 Å². The first-order chi connectivity index (χ1) is 6.94. The van der Waals surface area contributed by atoms with Crippen LogP contribution in [0.4, 0.5) is 0 Å². The molecule has 1 rings (SSSR count). The Hall–Kier alpha value is -0.460. The Kier molecular flexibility index (Phi) is 4.24. The van der Waals surface area contributed by atoms with Gasteiger partial charge in [-0.2, -0.15) is 0 Å². The molecule has 1 unspecified atom stereocenters. The first-order valence-corrected chi connectivity index (χ1v) is 6.72. The van der Waals surface area contributed by atoms with E-state index < -0.39 is 9.84 Å². The molecule has 1 saturated heterocycles. The molecule has 1 aliphatic rings. The molecule has 0 aliphatic carbocycles. The molecule has 88 valence electrons. The van der Waals surface area contributed by atoms with E-state index in [-0.39, 0.29) is 36.5 Å². The predicted octanol–water partition coefficient (Wildman–Crippen LogP) is -0.679. The maximum atomic E-state index is 11.3. The van der Waals surface area contributed by atoms with Crippen molar-refractivity contribution < 1.29 is 17.9 Å². The SMILES string of the molecule is COCC(=O)CN1CCS(=O)(=O)CC1C. The number of ether oxygens (including phenoxy) is 1. The van der Waals surface area contributed by atoms with Gasteiger partial charge < -0.3 is 4.74 Å². The van der Waals surface area contributed by atoms with Crippen LogP contribution in [-0.4, -0.2) is 63.5 Å². The standard InChI is InChI=1S/C9H17NO4S/c1-8-7-15(12,13)4-3-10(8)5-9(11)6-14-2/h8H,3-7H2,1-2H3. The third-order valence-corrected chi connectivity index (χ3v) is 4.29. The lowest BCUT2D eigenvalue weighted by Crippen LogP contribution is -2.49. The Morgan fingerprint density at radius 3 is 2.73 bits per heavy atom. The molecule has 1 fully saturated rings. The van der Waals surface area contributed by atoms with Crippen LogP contribution in [0.1, 0.15) is 6.92 Å². The maximum absolute atomic E-state index is 11.3. The smallest absolute Gasteiger partial charge is 0.172 e. The van der Waals surface area contributed by atoms with Crippen LogP contribution >= 0.6 is 0 Å². The molecule has 6 heteroatoms. The molecule has 0 saturated carbocycles. The van der Waals surface area contributed by atoms with Crippen molar-refractivity contribution >= 4 is 15.6 Å². The quantitative estimate of drug-likeness (QED) is 0.646. The van der Waals surface area contributed by atoms with Gasteiger partial charge in [0.1, 0.15) is 6.61 Å². The zero-order chi connectivity index (χ0) is 11.5. The molecule has 15 heavy (non-hydrogen) atoms. The van der Waals surface area contributed by atoms with Crippen LogP contribution in [0.25, 0.3) is 0 Å². The number of methoxy groups -OCH3 is 1. The topological polar surface area (TPSA) is 63.7 Å². The summed E-state index contributed by atoms with van der Waals surface area (Å²) in [6.07, 6.45) is 0. The summed E-state index contributed by atoms with van der Waals surface area (Å²) in [6, 6.07) is -0.0791.